The molecule has 0 unspecified atom stereocenters. The number of ketones is 1. The molecule has 0 atom stereocenters. The molecular weight excluding hydrogens is 294 g/mol. The van der Waals surface area contributed by atoms with E-state index in [4.69, 9.17) is 9.47 Å². The first-order valence-corrected chi connectivity index (χ1v) is 6.94. The summed E-state index contributed by atoms with van der Waals surface area (Å²) in [6.07, 6.45) is 2.89. The number of methoxy groups -OCH3 is 2. The number of benzene rings is 2. The SMILES string of the molecule is COC(=O)c1ccccc1N/C=C\C(=O)c1ccc(OC)cc1. The van der Waals surface area contributed by atoms with Gasteiger partial charge in [-0.3, -0.25) is 4.79 Å². The monoisotopic (exact) mass is 311 g/mol. The number of nitrogens with one attached hydrogen (secondary N) is 1. The standard InChI is InChI=1S/C18H17NO4/c1-22-14-9-7-13(8-10-14)17(20)11-12-19-16-6-4-3-5-15(16)18(21)23-2/h3-12,19H,1-2H3/b12-11-. The molecule has 118 valence electrons. The van der Waals surface area contributed by atoms with Crippen LogP contribution in [0.2, 0.25) is 0 Å². The maximum Gasteiger partial charge on any atom is 0.339 e. The van der Waals surface area contributed by atoms with Crippen LogP contribution in [-0.2, 0) is 4.74 Å². The van der Waals surface area contributed by atoms with Crippen LogP contribution in [-0.4, -0.2) is 26.0 Å². The van der Waals surface area contributed by atoms with Crippen molar-refractivity contribution >= 4 is 17.4 Å². The summed E-state index contributed by atoms with van der Waals surface area (Å²) < 4.78 is 9.76. The molecule has 0 aliphatic rings. The Morgan fingerprint density at radius 1 is 1.00 bits per heavy atom. The Morgan fingerprint density at radius 3 is 2.35 bits per heavy atom. The largest absolute Gasteiger partial charge is 0.497 e. The number of allylic oxidation sites excluding steroid dienone is 1. The Morgan fingerprint density at radius 2 is 1.70 bits per heavy atom. The number of carbonyl (C=O) groups is 2. The first-order chi connectivity index (χ1) is 11.2. The van der Waals surface area contributed by atoms with Crippen LogP contribution in [0, 0.1) is 0 Å². The number of hydrogen-bond donors (Lipinski definition) is 1. The average Bonchev–Trinajstić information content (AvgIpc) is 2.61. The molecule has 0 spiro atoms. The highest BCUT2D eigenvalue weighted by Gasteiger charge is 2.09. The second kappa shape index (κ2) is 7.79. The molecule has 0 saturated carbocycles. The fourth-order valence-corrected chi connectivity index (χ4v) is 1.96. The van der Waals surface area contributed by atoms with Crippen molar-refractivity contribution in [1.82, 2.24) is 0 Å². The summed E-state index contributed by atoms with van der Waals surface area (Å²) in [6.45, 7) is 0. The van der Waals surface area contributed by atoms with E-state index < -0.39 is 5.97 Å². The summed E-state index contributed by atoms with van der Waals surface area (Å²) >= 11 is 0. The van der Waals surface area contributed by atoms with Crippen molar-refractivity contribution in [2.24, 2.45) is 0 Å². The van der Waals surface area contributed by atoms with Crippen molar-refractivity contribution in [3.05, 3.63) is 71.9 Å². The van der Waals surface area contributed by atoms with Gasteiger partial charge in [0.1, 0.15) is 5.75 Å². The van der Waals surface area contributed by atoms with Gasteiger partial charge in [0.25, 0.3) is 0 Å². The molecule has 0 heterocycles. The highest BCUT2D eigenvalue weighted by Crippen LogP contribution is 2.16. The van der Waals surface area contributed by atoms with Gasteiger partial charge in [-0.25, -0.2) is 4.79 Å². The predicted molar refractivity (Wildman–Crippen MR) is 87.9 cm³/mol. The summed E-state index contributed by atoms with van der Waals surface area (Å²) in [5.74, 6) is 0.0920. The van der Waals surface area contributed by atoms with E-state index in [0.717, 1.165) is 0 Å². The molecule has 2 rings (SSSR count). The number of rotatable bonds is 6. The number of hydrogen-bond acceptors (Lipinski definition) is 5. The van der Waals surface area contributed by atoms with Gasteiger partial charge in [-0.1, -0.05) is 12.1 Å². The smallest absolute Gasteiger partial charge is 0.339 e. The van der Waals surface area contributed by atoms with Gasteiger partial charge in [-0.05, 0) is 36.4 Å². The fourth-order valence-electron chi connectivity index (χ4n) is 1.96. The van der Waals surface area contributed by atoms with Crippen molar-refractivity contribution in [1.29, 1.82) is 0 Å². The van der Waals surface area contributed by atoms with Gasteiger partial charge in [0.15, 0.2) is 5.78 Å². The molecule has 0 fully saturated rings. The Labute approximate surface area is 134 Å². The van der Waals surface area contributed by atoms with Crippen LogP contribution in [0.3, 0.4) is 0 Å². The van der Waals surface area contributed by atoms with Crippen LogP contribution in [0.4, 0.5) is 5.69 Å². The Balaban J connectivity index is 2.06. The van der Waals surface area contributed by atoms with E-state index >= 15 is 0 Å². The molecule has 0 radical (unpaired) electrons. The van der Waals surface area contributed by atoms with Crippen molar-refractivity contribution in [2.75, 3.05) is 19.5 Å². The number of anilines is 1. The lowest BCUT2D eigenvalue weighted by molar-refractivity contribution is 0.0601. The lowest BCUT2D eigenvalue weighted by Gasteiger charge is -2.06. The third-order valence-corrected chi connectivity index (χ3v) is 3.18. The van der Waals surface area contributed by atoms with E-state index in [1.807, 2.05) is 0 Å². The minimum Gasteiger partial charge on any atom is -0.497 e. The van der Waals surface area contributed by atoms with Crippen LogP contribution in [0.15, 0.2) is 60.8 Å². The first kappa shape index (κ1) is 16.3. The van der Waals surface area contributed by atoms with Gasteiger partial charge < -0.3 is 14.8 Å². The number of ether oxygens (including phenoxy) is 2. The normalized spacial score (nSPS) is 10.3. The molecule has 5 nitrogen and oxygen atoms in total. The van der Waals surface area contributed by atoms with E-state index in [0.29, 0.717) is 22.6 Å². The maximum absolute atomic E-state index is 12.1. The van der Waals surface area contributed by atoms with Crippen LogP contribution >= 0.6 is 0 Å². The third kappa shape index (κ3) is 4.20. The lowest BCUT2D eigenvalue weighted by Crippen LogP contribution is -2.05. The van der Waals surface area contributed by atoms with E-state index in [-0.39, 0.29) is 5.78 Å². The van der Waals surface area contributed by atoms with Gasteiger partial charge in [0, 0.05) is 17.8 Å². The predicted octanol–water partition coefficient (Wildman–Crippen LogP) is 3.29. The number of esters is 1. The van der Waals surface area contributed by atoms with Gasteiger partial charge in [0.2, 0.25) is 0 Å². The summed E-state index contributed by atoms with van der Waals surface area (Å²) in [5, 5.41) is 2.92. The average molecular weight is 311 g/mol. The minimum absolute atomic E-state index is 0.157. The first-order valence-electron chi connectivity index (χ1n) is 6.94. The molecule has 5 heteroatoms. The van der Waals surface area contributed by atoms with E-state index in [1.165, 1.54) is 19.4 Å². The van der Waals surface area contributed by atoms with Gasteiger partial charge in [-0.2, -0.15) is 0 Å². The summed E-state index contributed by atoms with van der Waals surface area (Å²) in [7, 11) is 2.89. The van der Waals surface area contributed by atoms with Crippen molar-refractivity contribution in [3.8, 4) is 5.75 Å². The van der Waals surface area contributed by atoms with Crippen LogP contribution in [0.5, 0.6) is 5.75 Å². The highest BCUT2D eigenvalue weighted by molar-refractivity contribution is 6.04. The molecule has 0 aromatic heterocycles. The molecule has 2 aromatic rings. The molecule has 2 aromatic carbocycles. The fraction of sp³-hybridized carbons (Fsp3) is 0.111. The van der Waals surface area contributed by atoms with E-state index in [2.05, 4.69) is 5.32 Å². The second-order valence-corrected chi connectivity index (χ2v) is 4.61. The van der Waals surface area contributed by atoms with Crippen molar-refractivity contribution in [2.45, 2.75) is 0 Å². The Kier molecular flexibility index (Phi) is 5.52. The number of carbonyl (C=O) groups excluding carboxylic acids is 2. The molecule has 0 bridgehead atoms. The quantitative estimate of drug-likeness (QED) is 0.504. The summed E-state index contributed by atoms with van der Waals surface area (Å²) in [6, 6.07) is 13.7. The zero-order chi connectivity index (χ0) is 16.7. The molecule has 0 amide bonds. The van der Waals surface area contributed by atoms with Crippen LogP contribution in [0.1, 0.15) is 20.7 Å². The van der Waals surface area contributed by atoms with Crippen LogP contribution in [0.25, 0.3) is 0 Å². The number of para-hydroxylation sites is 1. The molecule has 23 heavy (non-hydrogen) atoms. The minimum atomic E-state index is -0.442. The summed E-state index contributed by atoms with van der Waals surface area (Å²) in [4.78, 5) is 23.7. The molecular formula is C18H17NO4. The zero-order valence-electron chi connectivity index (χ0n) is 12.9. The Hall–Kier alpha value is -3.08. The molecule has 0 saturated heterocycles. The molecule has 0 aliphatic heterocycles. The van der Waals surface area contributed by atoms with Gasteiger partial charge in [-0.15, -0.1) is 0 Å². The highest BCUT2D eigenvalue weighted by atomic mass is 16.5. The third-order valence-electron chi connectivity index (χ3n) is 3.18. The second-order valence-electron chi connectivity index (χ2n) is 4.61. The van der Waals surface area contributed by atoms with Gasteiger partial charge >= 0.3 is 5.97 Å². The van der Waals surface area contributed by atoms with Gasteiger partial charge in [0.05, 0.1) is 25.5 Å². The molecule has 0 aliphatic carbocycles. The van der Waals surface area contributed by atoms with E-state index in [1.54, 1.807) is 55.6 Å². The van der Waals surface area contributed by atoms with E-state index in [9.17, 15) is 9.59 Å². The maximum atomic E-state index is 12.1. The Bertz CT molecular complexity index is 720. The van der Waals surface area contributed by atoms with Crippen LogP contribution < -0.4 is 10.1 Å². The van der Waals surface area contributed by atoms with Crippen molar-refractivity contribution < 1.29 is 19.1 Å². The van der Waals surface area contributed by atoms with Crippen molar-refractivity contribution in [3.63, 3.8) is 0 Å². The zero-order valence-corrected chi connectivity index (χ0v) is 12.9. The molecule has 1 N–H and O–H groups in total. The summed E-state index contributed by atoms with van der Waals surface area (Å²) in [5.41, 5.74) is 1.51. The lowest BCUT2D eigenvalue weighted by atomic mass is 10.1. The topological polar surface area (TPSA) is 64.6 Å².